The number of rotatable bonds is 5. The van der Waals surface area contributed by atoms with Crippen LogP contribution in [0.3, 0.4) is 0 Å². The first-order valence-corrected chi connectivity index (χ1v) is 7.56. The van der Waals surface area contributed by atoms with Crippen molar-refractivity contribution in [2.75, 3.05) is 13.1 Å². The van der Waals surface area contributed by atoms with E-state index in [4.69, 9.17) is 11.5 Å². The lowest BCUT2D eigenvalue weighted by Crippen LogP contribution is -2.00. The van der Waals surface area contributed by atoms with E-state index in [9.17, 15) is 0 Å². The molecule has 0 aromatic heterocycles. The molecule has 2 nitrogen and oxygen atoms in total. The van der Waals surface area contributed by atoms with Gasteiger partial charge in [0.05, 0.1) is 0 Å². The lowest BCUT2D eigenvalue weighted by molar-refractivity contribution is 0.653. The van der Waals surface area contributed by atoms with E-state index in [1.54, 1.807) is 0 Å². The van der Waals surface area contributed by atoms with Gasteiger partial charge in [0.2, 0.25) is 0 Å². The Morgan fingerprint density at radius 2 is 0.688 bits per heavy atom. The summed E-state index contributed by atoms with van der Waals surface area (Å²) in [4.78, 5) is 0. The highest BCUT2D eigenvalue weighted by atomic mass is 31.0. The van der Waals surface area contributed by atoms with Crippen LogP contribution in [-0.4, -0.2) is 38.3 Å². The molecule has 0 aromatic carbocycles. The first-order chi connectivity index (χ1) is 7.91. The quantitative estimate of drug-likeness (QED) is 0.606. The first-order valence-electron chi connectivity index (χ1n) is 4.73. The van der Waals surface area contributed by atoms with Gasteiger partial charge >= 0.3 is 0 Å². The summed E-state index contributed by atoms with van der Waals surface area (Å²) in [5.74, 6) is 0. The average Bonchev–Trinajstić information content (AvgIpc) is 2.44. The van der Waals surface area contributed by atoms with Gasteiger partial charge in [-0.05, 0) is 25.9 Å². The highest BCUT2D eigenvalue weighted by Crippen LogP contribution is 1.95. The maximum absolute atomic E-state index is 5.28. The molecule has 0 aliphatic heterocycles. The second kappa shape index (κ2) is 76.3. The summed E-state index contributed by atoms with van der Waals surface area (Å²) in [7, 11) is 10.9. The molecular formula is C10H28N2P4. The predicted octanol–water partition coefficient (Wildman–Crippen LogP) is 2.71. The third kappa shape index (κ3) is 86.1. The molecule has 0 spiro atoms. The van der Waals surface area contributed by atoms with Gasteiger partial charge < -0.3 is 11.5 Å². The largest absolute Gasteiger partial charge is 0.330 e. The molecule has 0 rings (SSSR count). The van der Waals surface area contributed by atoms with E-state index in [0.29, 0.717) is 0 Å². The van der Waals surface area contributed by atoms with Crippen molar-refractivity contribution in [2.45, 2.75) is 25.7 Å². The highest BCUT2D eigenvalue weighted by Gasteiger charge is 1.83. The fourth-order valence-corrected chi connectivity index (χ4v) is 0.642. The number of hydrogen-bond acceptors (Lipinski definition) is 2. The lowest BCUT2D eigenvalue weighted by Gasteiger charge is -1.94. The molecule has 6 heteroatoms. The molecule has 0 unspecified atom stereocenters. The summed E-state index contributed by atoms with van der Waals surface area (Å²) >= 11 is 0. The molecule has 16 heavy (non-hydrogen) atoms. The van der Waals surface area contributed by atoms with Gasteiger partial charge in [0.1, 0.15) is 0 Å². The Kier molecular flexibility index (Phi) is 143. The Bertz CT molecular complexity index is 73.2. The van der Waals surface area contributed by atoms with Crippen LogP contribution in [0.4, 0.5) is 0 Å². The van der Waals surface area contributed by atoms with Gasteiger partial charge in [-0.3, -0.25) is 0 Å². The third-order valence-corrected chi connectivity index (χ3v) is 1.16. The van der Waals surface area contributed by atoms with Gasteiger partial charge in [0.15, 0.2) is 0 Å². The average molecular weight is 300 g/mol. The first kappa shape index (κ1) is 30.0. The van der Waals surface area contributed by atoms with Crippen molar-refractivity contribution < 1.29 is 0 Å². The Morgan fingerprint density at radius 3 is 0.812 bits per heavy atom. The number of nitrogens with two attached hydrogens (primary N) is 2. The molecule has 4 N–H and O–H groups in total. The fraction of sp³-hybridized carbons (Fsp3) is 0.600. The minimum atomic E-state index is 0.824. The summed E-state index contributed by atoms with van der Waals surface area (Å²) in [5, 5.41) is 0. The smallest absolute Gasteiger partial charge is 0.00773 e. The van der Waals surface area contributed by atoms with E-state index in [1.807, 2.05) is 0 Å². The molecule has 0 aliphatic carbocycles. The van der Waals surface area contributed by atoms with Crippen LogP contribution in [0.15, 0.2) is 0 Å². The summed E-state index contributed by atoms with van der Waals surface area (Å²) < 4.78 is 0. The Balaban J connectivity index is -0.0000000426. The molecule has 0 saturated heterocycles. The van der Waals surface area contributed by atoms with Gasteiger partial charge in [-0.2, -0.15) is 0 Å². The predicted molar refractivity (Wildman–Crippen MR) is 98.3 cm³/mol. The van der Waals surface area contributed by atoms with Crippen LogP contribution in [0.25, 0.3) is 0 Å². The topological polar surface area (TPSA) is 52.0 Å². The molecule has 0 aliphatic rings. The summed E-state index contributed by atoms with van der Waals surface area (Å²) in [6.45, 7) is 1.65. The van der Waals surface area contributed by atoms with Crippen LogP contribution in [-0.2, 0) is 0 Å². The Morgan fingerprint density at radius 1 is 0.500 bits per heavy atom. The van der Waals surface area contributed by atoms with E-state index in [-0.39, 0.29) is 0 Å². The fourth-order valence-electron chi connectivity index (χ4n) is 0.642. The normalized spacial score (nSPS) is 5.88. The molecular weight excluding hydrogens is 272 g/mol. The second-order valence-corrected chi connectivity index (χ2v) is 1.99. The zero-order chi connectivity index (χ0) is 14.2. The van der Waals surface area contributed by atoms with Gasteiger partial charge in [0.25, 0.3) is 0 Å². The van der Waals surface area contributed by atoms with Crippen LogP contribution in [0, 0.1) is 0 Å². The molecule has 0 amide bonds. The van der Waals surface area contributed by atoms with Gasteiger partial charge in [0, 0.05) is 0 Å². The zero-order valence-corrected chi connectivity index (χ0v) is 14.2. The molecule has 98 valence electrons. The second-order valence-electron chi connectivity index (χ2n) is 1.99. The van der Waals surface area contributed by atoms with Gasteiger partial charge in [-0.25, -0.2) is 0 Å². The monoisotopic (exact) mass is 300 g/mol. The standard InChI is InChI=1S/C6H16N2.4CH3P/c7-5-3-1-2-4-6-8;4*1-2/h1-8H2;4*2H,1H2. The van der Waals surface area contributed by atoms with Crippen molar-refractivity contribution in [3.63, 3.8) is 0 Å². The highest BCUT2D eigenvalue weighted by molar-refractivity contribution is 7.16. The number of unbranched alkanes of at least 4 members (excludes halogenated alkanes) is 3. The van der Waals surface area contributed by atoms with E-state index >= 15 is 0 Å². The van der Waals surface area contributed by atoms with Gasteiger partial charge in [-0.15, -0.1) is 35.5 Å². The van der Waals surface area contributed by atoms with Crippen LogP contribution < -0.4 is 11.5 Å². The van der Waals surface area contributed by atoms with Crippen molar-refractivity contribution in [3.05, 3.63) is 0 Å². The third-order valence-electron chi connectivity index (χ3n) is 1.16. The zero-order valence-electron chi connectivity index (χ0n) is 10.2. The van der Waals surface area contributed by atoms with Crippen molar-refractivity contribution >= 4 is 60.7 Å². The van der Waals surface area contributed by atoms with E-state index < -0.39 is 0 Å². The molecule has 0 radical (unpaired) electrons. The van der Waals surface area contributed by atoms with Crippen molar-refractivity contribution in [3.8, 4) is 0 Å². The lowest BCUT2D eigenvalue weighted by atomic mass is 10.2. The minimum Gasteiger partial charge on any atom is -0.330 e. The Hall–Kier alpha value is 0.600. The minimum absolute atomic E-state index is 0.824. The molecule has 0 atom stereocenters. The van der Waals surface area contributed by atoms with Crippen molar-refractivity contribution in [2.24, 2.45) is 11.5 Å². The van der Waals surface area contributed by atoms with E-state index in [0.717, 1.165) is 25.9 Å². The Labute approximate surface area is 111 Å². The van der Waals surface area contributed by atoms with Crippen LogP contribution in [0.2, 0.25) is 0 Å². The van der Waals surface area contributed by atoms with Crippen molar-refractivity contribution in [1.29, 1.82) is 0 Å². The summed E-state index contributed by atoms with van der Waals surface area (Å²) in [6, 6.07) is 0. The molecule has 0 fully saturated rings. The maximum atomic E-state index is 5.28. The maximum Gasteiger partial charge on any atom is -0.00773 e. The molecule has 0 bridgehead atoms. The summed E-state index contributed by atoms with van der Waals surface area (Å²) in [6.07, 6.45) is 17.0. The molecule has 0 aromatic rings. The summed E-state index contributed by atoms with van der Waals surface area (Å²) in [5.41, 5.74) is 10.6. The number of hydrogen-bond donors (Lipinski definition) is 2. The van der Waals surface area contributed by atoms with E-state index in [2.05, 4.69) is 60.7 Å². The van der Waals surface area contributed by atoms with Crippen molar-refractivity contribution in [1.82, 2.24) is 0 Å². The van der Waals surface area contributed by atoms with Crippen LogP contribution >= 0.6 is 35.5 Å². The SMILES string of the molecule is C=P.C=P.C=P.C=P.NCCCCCCN. The molecule has 0 saturated carbocycles. The molecule has 0 heterocycles. The van der Waals surface area contributed by atoms with E-state index in [1.165, 1.54) is 12.8 Å². The van der Waals surface area contributed by atoms with Gasteiger partial charge in [-0.1, -0.05) is 38.0 Å². The van der Waals surface area contributed by atoms with Crippen LogP contribution in [0.5, 0.6) is 0 Å². The van der Waals surface area contributed by atoms with Crippen LogP contribution in [0.1, 0.15) is 25.7 Å².